The number of benzene rings is 1. The smallest absolute Gasteiger partial charge is 0.226 e. The van der Waals surface area contributed by atoms with Gasteiger partial charge in [0.05, 0.1) is 11.1 Å². The molecule has 3 aromatic rings. The van der Waals surface area contributed by atoms with E-state index in [1.54, 1.807) is 12.6 Å². The molecule has 1 aliphatic rings. The Morgan fingerprint density at radius 1 is 1.25 bits per heavy atom. The summed E-state index contributed by atoms with van der Waals surface area (Å²) in [7, 11) is -0.850. The van der Waals surface area contributed by atoms with E-state index >= 15 is 0 Å². The van der Waals surface area contributed by atoms with Crippen molar-refractivity contribution in [2.75, 3.05) is 23.4 Å². The van der Waals surface area contributed by atoms with Gasteiger partial charge in [-0.2, -0.15) is 9.97 Å². The summed E-state index contributed by atoms with van der Waals surface area (Å²) >= 11 is 0. The minimum atomic E-state index is -0.850. The molecular formula is C16H18N6OS. The molecule has 3 N–H and O–H groups in total. The lowest BCUT2D eigenvalue weighted by atomic mass is 10.3. The highest BCUT2D eigenvalue weighted by molar-refractivity contribution is 7.86. The molecule has 1 aliphatic carbocycles. The van der Waals surface area contributed by atoms with Crippen molar-refractivity contribution in [3.05, 3.63) is 36.7 Å². The van der Waals surface area contributed by atoms with Gasteiger partial charge in [-0.1, -0.05) is 18.2 Å². The van der Waals surface area contributed by atoms with Crippen LogP contribution in [0.1, 0.15) is 12.8 Å². The summed E-state index contributed by atoms with van der Waals surface area (Å²) in [5.74, 6) is 1.15. The molecule has 2 aromatic heterocycles. The highest BCUT2D eigenvalue weighted by Crippen LogP contribution is 2.41. The highest BCUT2D eigenvalue weighted by atomic mass is 32.2. The van der Waals surface area contributed by atoms with Gasteiger partial charge in [0.2, 0.25) is 5.95 Å². The summed E-state index contributed by atoms with van der Waals surface area (Å²) in [6, 6.07) is 9.82. The fourth-order valence-electron chi connectivity index (χ4n) is 2.61. The van der Waals surface area contributed by atoms with E-state index in [0.29, 0.717) is 24.0 Å². The van der Waals surface area contributed by atoms with Gasteiger partial charge >= 0.3 is 0 Å². The van der Waals surface area contributed by atoms with Crippen molar-refractivity contribution in [1.29, 1.82) is 0 Å². The minimum Gasteiger partial charge on any atom is -0.353 e. The van der Waals surface area contributed by atoms with Crippen molar-refractivity contribution in [3.63, 3.8) is 0 Å². The Hall–Kier alpha value is -2.48. The van der Waals surface area contributed by atoms with E-state index in [1.165, 1.54) is 0 Å². The number of hydrogen-bond donors (Lipinski definition) is 3. The molecule has 2 heterocycles. The number of hydrogen-bond acceptors (Lipinski definition) is 6. The van der Waals surface area contributed by atoms with Crippen LogP contribution in [0.4, 0.5) is 17.5 Å². The maximum absolute atomic E-state index is 11.8. The number of para-hydroxylation sites is 1. The molecule has 124 valence electrons. The molecule has 0 amide bonds. The lowest BCUT2D eigenvalue weighted by molar-refractivity contribution is 0.673. The van der Waals surface area contributed by atoms with E-state index in [0.717, 1.165) is 24.0 Å². The van der Waals surface area contributed by atoms with Crippen molar-refractivity contribution in [1.82, 2.24) is 19.9 Å². The van der Waals surface area contributed by atoms with E-state index in [-0.39, 0.29) is 4.75 Å². The van der Waals surface area contributed by atoms with Crippen LogP contribution in [0, 0.1) is 0 Å². The third-order valence-electron chi connectivity index (χ3n) is 4.31. The van der Waals surface area contributed by atoms with Gasteiger partial charge in [0.15, 0.2) is 11.5 Å². The van der Waals surface area contributed by atoms with Gasteiger partial charge in [-0.05, 0) is 25.0 Å². The minimum absolute atomic E-state index is 0.128. The Balaban J connectivity index is 1.61. The lowest BCUT2D eigenvalue weighted by Gasteiger charge is -2.14. The van der Waals surface area contributed by atoms with Crippen molar-refractivity contribution >= 4 is 39.4 Å². The predicted octanol–water partition coefficient (Wildman–Crippen LogP) is 2.42. The Kier molecular flexibility index (Phi) is 3.68. The first-order valence-corrected chi connectivity index (χ1v) is 9.33. The second-order valence-corrected chi connectivity index (χ2v) is 7.75. The fourth-order valence-corrected chi connectivity index (χ4v) is 3.56. The average molecular weight is 342 g/mol. The standard InChI is InChI=1S/C16H18N6OS/c1-24(23)16(7-8-16)9-17-15-21-13-12(18-10-19-13)14(22-15)20-11-5-3-2-4-6-11/h2-6,10H,7-9H2,1H3,(H3,17,18,19,20,21,22). The third kappa shape index (κ3) is 2.84. The molecule has 7 nitrogen and oxygen atoms in total. The summed E-state index contributed by atoms with van der Waals surface area (Å²) in [6.07, 6.45) is 5.31. The Bertz CT molecular complexity index is 890. The second kappa shape index (κ2) is 5.86. The van der Waals surface area contributed by atoms with Gasteiger partial charge in [0.25, 0.3) is 0 Å². The summed E-state index contributed by atoms with van der Waals surface area (Å²) in [5, 5.41) is 6.51. The topological polar surface area (TPSA) is 95.6 Å². The Morgan fingerprint density at radius 3 is 2.75 bits per heavy atom. The molecule has 0 aliphatic heterocycles. The van der Waals surface area contributed by atoms with Gasteiger partial charge in [-0.25, -0.2) is 4.98 Å². The average Bonchev–Trinajstić information content (AvgIpc) is 3.24. The van der Waals surface area contributed by atoms with Crippen LogP contribution in [0.25, 0.3) is 11.2 Å². The van der Waals surface area contributed by atoms with E-state index < -0.39 is 10.8 Å². The molecule has 1 fully saturated rings. The molecule has 0 saturated heterocycles. The number of nitrogens with one attached hydrogen (secondary N) is 3. The Labute approximate surface area is 141 Å². The first kappa shape index (κ1) is 15.1. The molecule has 0 bridgehead atoms. The largest absolute Gasteiger partial charge is 0.353 e. The maximum atomic E-state index is 11.8. The zero-order valence-corrected chi connectivity index (χ0v) is 14.1. The van der Waals surface area contributed by atoms with Crippen molar-refractivity contribution in [3.8, 4) is 0 Å². The van der Waals surface area contributed by atoms with Crippen molar-refractivity contribution in [2.45, 2.75) is 17.6 Å². The maximum Gasteiger partial charge on any atom is 0.226 e. The first-order chi connectivity index (χ1) is 11.7. The SMILES string of the molecule is CS(=O)C1(CNc2nc(Nc3ccccc3)c3[nH]cnc3n2)CC1. The number of anilines is 3. The number of aromatic amines is 1. The van der Waals surface area contributed by atoms with Crippen LogP contribution in [0.15, 0.2) is 36.7 Å². The van der Waals surface area contributed by atoms with Crippen LogP contribution < -0.4 is 10.6 Å². The van der Waals surface area contributed by atoms with Gasteiger partial charge in [-0.15, -0.1) is 0 Å². The van der Waals surface area contributed by atoms with Crippen LogP contribution >= 0.6 is 0 Å². The summed E-state index contributed by atoms with van der Waals surface area (Å²) < 4.78 is 11.7. The van der Waals surface area contributed by atoms with Gasteiger partial charge < -0.3 is 15.6 Å². The fraction of sp³-hybridized carbons (Fsp3) is 0.312. The van der Waals surface area contributed by atoms with E-state index in [4.69, 9.17) is 0 Å². The number of fused-ring (bicyclic) bond motifs is 1. The van der Waals surface area contributed by atoms with E-state index in [2.05, 4.69) is 30.6 Å². The van der Waals surface area contributed by atoms with Gasteiger partial charge in [0.1, 0.15) is 5.52 Å². The van der Waals surface area contributed by atoms with Crippen molar-refractivity contribution in [2.24, 2.45) is 0 Å². The summed E-state index contributed by atoms with van der Waals surface area (Å²) in [4.78, 5) is 16.3. The number of rotatable bonds is 6. The molecule has 1 saturated carbocycles. The number of H-pyrrole nitrogens is 1. The molecule has 0 radical (unpaired) electrons. The molecule has 8 heteroatoms. The quantitative estimate of drug-likeness (QED) is 0.637. The molecular weight excluding hydrogens is 324 g/mol. The van der Waals surface area contributed by atoms with E-state index in [9.17, 15) is 4.21 Å². The molecule has 1 aromatic carbocycles. The predicted molar refractivity (Wildman–Crippen MR) is 95.9 cm³/mol. The molecule has 24 heavy (non-hydrogen) atoms. The first-order valence-electron chi connectivity index (χ1n) is 7.77. The molecule has 1 atom stereocenters. The van der Waals surface area contributed by atoms with Gasteiger partial charge in [-0.3, -0.25) is 4.21 Å². The van der Waals surface area contributed by atoms with Crippen LogP contribution in [-0.4, -0.2) is 41.7 Å². The zero-order valence-electron chi connectivity index (χ0n) is 13.2. The third-order valence-corrected chi connectivity index (χ3v) is 6.08. The molecule has 0 spiro atoms. The molecule has 4 rings (SSSR count). The zero-order chi connectivity index (χ0) is 16.6. The molecule has 1 unspecified atom stereocenters. The number of aromatic nitrogens is 4. The van der Waals surface area contributed by atoms with Gasteiger partial charge in [0, 0.05) is 29.3 Å². The van der Waals surface area contributed by atoms with Crippen LogP contribution in [0.5, 0.6) is 0 Å². The van der Waals surface area contributed by atoms with E-state index in [1.807, 2.05) is 30.3 Å². The van der Waals surface area contributed by atoms with Crippen LogP contribution in [0.3, 0.4) is 0 Å². The van der Waals surface area contributed by atoms with Crippen LogP contribution in [0.2, 0.25) is 0 Å². The normalized spacial score (nSPS) is 16.7. The number of imidazole rings is 1. The van der Waals surface area contributed by atoms with Crippen molar-refractivity contribution < 1.29 is 4.21 Å². The lowest BCUT2D eigenvalue weighted by Crippen LogP contribution is -2.26. The summed E-state index contributed by atoms with van der Waals surface area (Å²) in [5.41, 5.74) is 2.28. The highest BCUT2D eigenvalue weighted by Gasteiger charge is 2.46. The Morgan fingerprint density at radius 2 is 2.04 bits per heavy atom. The number of nitrogens with zero attached hydrogens (tertiary/aromatic N) is 3. The summed E-state index contributed by atoms with van der Waals surface area (Å²) in [6.45, 7) is 0.608. The monoisotopic (exact) mass is 342 g/mol. The second-order valence-electron chi connectivity index (χ2n) is 5.98. The van der Waals surface area contributed by atoms with Crippen LogP contribution in [-0.2, 0) is 10.8 Å².